The van der Waals surface area contributed by atoms with Gasteiger partial charge in [0.1, 0.15) is 11.3 Å². The van der Waals surface area contributed by atoms with Crippen LogP contribution in [0.25, 0.3) is 10.2 Å². The molecule has 0 aliphatic heterocycles. The molecular formula is C16H15FN4O3S2. The summed E-state index contributed by atoms with van der Waals surface area (Å²) < 4.78 is 14.6. The summed E-state index contributed by atoms with van der Waals surface area (Å²) in [6, 6.07) is 7.39. The topological polar surface area (TPSA) is 79.6 Å². The van der Waals surface area contributed by atoms with Gasteiger partial charge in [0.2, 0.25) is 0 Å². The highest BCUT2D eigenvalue weighted by atomic mass is 32.1. The molecule has 0 saturated heterocycles. The van der Waals surface area contributed by atoms with Crippen molar-refractivity contribution in [2.45, 2.75) is 0 Å². The summed E-state index contributed by atoms with van der Waals surface area (Å²) in [6.45, 7) is 0.899. The van der Waals surface area contributed by atoms with Gasteiger partial charge in [-0.3, -0.25) is 19.8 Å². The van der Waals surface area contributed by atoms with E-state index in [1.54, 1.807) is 12.1 Å². The Bertz CT molecular complexity index is 969. The Morgan fingerprint density at radius 1 is 1.23 bits per heavy atom. The zero-order chi connectivity index (χ0) is 18.8. The average molecular weight is 394 g/mol. The predicted octanol–water partition coefficient (Wildman–Crippen LogP) is 3.61. The first-order chi connectivity index (χ1) is 12.4. The van der Waals surface area contributed by atoms with Crippen molar-refractivity contribution in [3.63, 3.8) is 0 Å². The third-order valence-corrected chi connectivity index (χ3v) is 5.66. The van der Waals surface area contributed by atoms with Crippen molar-refractivity contribution < 1.29 is 14.1 Å². The summed E-state index contributed by atoms with van der Waals surface area (Å²) in [5.74, 6) is -0.832. The predicted molar refractivity (Wildman–Crippen MR) is 101 cm³/mol. The molecule has 136 valence electrons. The molecule has 0 aliphatic rings. The first-order valence-electron chi connectivity index (χ1n) is 7.62. The van der Waals surface area contributed by atoms with E-state index < -0.39 is 10.7 Å². The van der Waals surface area contributed by atoms with Gasteiger partial charge in [0.15, 0.2) is 5.13 Å². The minimum Gasteiger partial charge on any atom is -0.308 e. The molecule has 0 unspecified atom stereocenters. The summed E-state index contributed by atoms with van der Waals surface area (Å²) >= 11 is 2.03. The molecule has 0 aliphatic carbocycles. The Kier molecular flexibility index (Phi) is 5.25. The molecule has 2 heterocycles. The number of nitrogens with zero attached hydrogens (tertiary/aromatic N) is 4. The van der Waals surface area contributed by atoms with E-state index in [0.717, 1.165) is 11.3 Å². The summed E-state index contributed by atoms with van der Waals surface area (Å²) in [6.07, 6.45) is 0. The number of rotatable bonds is 6. The molecule has 2 aromatic heterocycles. The number of carbonyl (C=O) groups excluding carboxylic acids is 1. The largest absolute Gasteiger partial charge is 0.324 e. The maximum atomic E-state index is 14.0. The monoisotopic (exact) mass is 394 g/mol. The first kappa shape index (κ1) is 18.4. The Hall–Kier alpha value is -2.43. The third-order valence-electron chi connectivity index (χ3n) is 3.59. The van der Waals surface area contributed by atoms with E-state index in [4.69, 9.17) is 0 Å². The van der Waals surface area contributed by atoms with Crippen molar-refractivity contribution in [2.75, 3.05) is 32.1 Å². The van der Waals surface area contributed by atoms with Gasteiger partial charge < -0.3 is 4.90 Å². The molecule has 3 rings (SSSR count). The molecule has 1 amide bonds. The van der Waals surface area contributed by atoms with Gasteiger partial charge in [-0.25, -0.2) is 9.37 Å². The molecule has 0 fully saturated rings. The Morgan fingerprint density at radius 3 is 2.62 bits per heavy atom. The first-order valence-corrected chi connectivity index (χ1v) is 9.26. The molecule has 0 N–H and O–H groups in total. The zero-order valence-corrected chi connectivity index (χ0v) is 15.6. The smallest absolute Gasteiger partial charge is 0.308 e. The van der Waals surface area contributed by atoms with E-state index in [1.165, 1.54) is 34.4 Å². The van der Waals surface area contributed by atoms with Crippen LogP contribution in [0.5, 0.6) is 0 Å². The molecular weight excluding hydrogens is 379 g/mol. The number of anilines is 1. The highest BCUT2D eigenvalue weighted by Crippen LogP contribution is 2.32. The number of thiazole rings is 1. The molecule has 0 atom stereocenters. The van der Waals surface area contributed by atoms with Gasteiger partial charge in [-0.1, -0.05) is 28.7 Å². The minimum atomic E-state index is -0.529. The molecule has 7 nitrogen and oxygen atoms in total. The number of nitro groups is 1. The SMILES string of the molecule is CN(C)CCN(C(=O)c1ccc([N+](=O)[O-])s1)c1nc2c(F)cccc2s1. The van der Waals surface area contributed by atoms with E-state index in [9.17, 15) is 19.3 Å². The fraction of sp³-hybridized carbons (Fsp3) is 0.250. The standard InChI is InChI=1S/C16H15FN4O3S2/c1-19(2)8-9-20(15(22)12-6-7-13(25-12)21(23)24)16-18-14-10(17)4-3-5-11(14)26-16/h3-7H,8-9H2,1-2H3. The van der Waals surface area contributed by atoms with Crippen LogP contribution in [0.1, 0.15) is 9.67 Å². The van der Waals surface area contributed by atoms with Gasteiger partial charge in [-0.15, -0.1) is 0 Å². The van der Waals surface area contributed by atoms with Crippen molar-refractivity contribution in [3.05, 3.63) is 51.1 Å². The van der Waals surface area contributed by atoms with Gasteiger partial charge >= 0.3 is 5.00 Å². The number of aromatic nitrogens is 1. The average Bonchev–Trinajstić information content (AvgIpc) is 3.22. The molecule has 0 spiro atoms. The number of hydrogen-bond donors (Lipinski definition) is 0. The number of halogens is 1. The molecule has 0 radical (unpaired) electrons. The normalized spacial score (nSPS) is 11.2. The van der Waals surface area contributed by atoms with Crippen LogP contribution in [0.15, 0.2) is 30.3 Å². The number of likely N-dealkylation sites (N-methyl/N-ethyl adjacent to an activating group) is 1. The zero-order valence-electron chi connectivity index (χ0n) is 14.0. The van der Waals surface area contributed by atoms with Crippen molar-refractivity contribution in [1.29, 1.82) is 0 Å². The fourth-order valence-electron chi connectivity index (χ4n) is 2.28. The van der Waals surface area contributed by atoms with Crippen LogP contribution >= 0.6 is 22.7 Å². The maximum Gasteiger partial charge on any atom is 0.324 e. The van der Waals surface area contributed by atoms with Crippen molar-refractivity contribution in [2.24, 2.45) is 0 Å². The Balaban J connectivity index is 1.98. The molecule has 0 bridgehead atoms. The van der Waals surface area contributed by atoms with Crippen LogP contribution in [-0.2, 0) is 0 Å². The molecule has 1 aromatic carbocycles. The second-order valence-corrected chi connectivity index (χ2v) is 7.81. The number of fused-ring (bicyclic) bond motifs is 1. The molecule has 0 saturated carbocycles. The summed E-state index contributed by atoms with van der Waals surface area (Å²) in [5.41, 5.74) is 0.215. The van der Waals surface area contributed by atoms with Crippen molar-refractivity contribution in [1.82, 2.24) is 9.88 Å². The second kappa shape index (κ2) is 7.44. The fourth-order valence-corrected chi connectivity index (χ4v) is 4.05. The number of carbonyl (C=O) groups is 1. The minimum absolute atomic E-state index is 0.101. The Labute approximate surface area is 156 Å². The molecule has 3 aromatic rings. The second-order valence-electron chi connectivity index (χ2n) is 5.74. The van der Waals surface area contributed by atoms with E-state index in [-0.39, 0.29) is 21.3 Å². The number of amides is 1. The van der Waals surface area contributed by atoms with Crippen molar-refractivity contribution in [3.8, 4) is 0 Å². The van der Waals surface area contributed by atoms with Gasteiger partial charge in [0.25, 0.3) is 5.91 Å². The quantitative estimate of drug-likeness (QED) is 0.471. The van der Waals surface area contributed by atoms with E-state index in [0.29, 0.717) is 22.9 Å². The van der Waals surface area contributed by atoms with Crippen LogP contribution in [0.4, 0.5) is 14.5 Å². The highest BCUT2D eigenvalue weighted by Gasteiger charge is 2.25. The van der Waals surface area contributed by atoms with E-state index in [2.05, 4.69) is 4.98 Å². The van der Waals surface area contributed by atoms with Gasteiger partial charge in [0, 0.05) is 19.2 Å². The maximum absolute atomic E-state index is 14.0. The number of para-hydroxylation sites is 1. The highest BCUT2D eigenvalue weighted by molar-refractivity contribution is 7.22. The van der Waals surface area contributed by atoms with E-state index in [1.807, 2.05) is 19.0 Å². The Morgan fingerprint density at radius 2 is 2.00 bits per heavy atom. The van der Waals surface area contributed by atoms with Crippen LogP contribution < -0.4 is 4.90 Å². The number of benzene rings is 1. The third kappa shape index (κ3) is 3.71. The van der Waals surface area contributed by atoms with Crippen molar-refractivity contribution >= 4 is 48.9 Å². The number of hydrogen-bond acceptors (Lipinski definition) is 7. The van der Waals surface area contributed by atoms with E-state index >= 15 is 0 Å². The van der Waals surface area contributed by atoms with Gasteiger partial charge in [-0.2, -0.15) is 0 Å². The lowest BCUT2D eigenvalue weighted by Crippen LogP contribution is -2.36. The van der Waals surface area contributed by atoms with Gasteiger partial charge in [0.05, 0.1) is 14.5 Å². The lowest BCUT2D eigenvalue weighted by molar-refractivity contribution is -0.380. The van der Waals surface area contributed by atoms with Crippen LogP contribution in [0, 0.1) is 15.9 Å². The molecule has 10 heteroatoms. The lowest BCUT2D eigenvalue weighted by atomic mass is 10.3. The van der Waals surface area contributed by atoms with Crippen LogP contribution in [-0.4, -0.2) is 47.9 Å². The summed E-state index contributed by atoms with van der Waals surface area (Å²) in [4.78, 5) is 31.2. The van der Waals surface area contributed by atoms with Gasteiger partial charge in [-0.05, 0) is 32.3 Å². The summed E-state index contributed by atoms with van der Waals surface area (Å²) in [5, 5.41) is 11.1. The van der Waals surface area contributed by atoms with Crippen LogP contribution in [0.3, 0.4) is 0 Å². The summed E-state index contributed by atoms with van der Waals surface area (Å²) in [7, 11) is 3.74. The number of thiophene rings is 1. The van der Waals surface area contributed by atoms with Crippen LogP contribution in [0.2, 0.25) is 0 Å². The molecule has 26 heavy (non-hydrogen) atoms. The lowest BCUT2D eigenvalue weighted by Gasteiger charge is -2.21.